The first-order chi connectivity index (χ1) is 4.79. The lowest BCUT2D eigenvalue weighted by Gasteiger charge is -1.97. The largest absolute Gasteiger partial charge is 0.351 e. The molecule has 3 heteroatoms. The standard InChI is InChI=1S/C7H6N2O/c8-7(10)9-6-4-2-1-3-5-6/h1-2,5H,(H3,8,9,10). The normalized spacial score (nSPS) is 8.80. The number of carbonyl (C=O) groups is 1. The van der Waals surface area contributed by atoms with Crippen LogP contribution in [0.25, 0.3) is 0 Å². The number of benzene rings is 1. The molecule has 0 saturated carbocycles. The Bertz CT molecular complexity index is 220. The number of urea groups is 1. The summed E-state index contributed by atoms with van der Waals surface area (Å²) in [5.74, 6) is 0. The van der Waals surface area contributed by atoms with E-state index in [4.69, 9.17) is 5.73 Å². The molecule has 10 heavy (non-hydrogen) atoms. The van der Waals surface area contributed by atoms with Gasteiger partial charge in [0.2, 0.25) is 0 Å². The van der Waals surface area contributed by atoms with E-state index in [0.717, 1.165) is 0 Å². The van der Waals surface area contributed by atoms with E-state index in [1.807, 2.05) is 0 Å². The molecule has 0 spiro atoms. The molecular formula is C7H6N2O. The van der Waals surface area contributed by atoms with Crippen LogP contribution in [0.4, 0.5) is 10.5 Å². The van der Waals surface area contributed by atoms with E-state index in [-0.39, 0.29) is 0 Å². The topological polar surface area (TPSA) is 55.1 Å². The van der Waals surface area contributed by atoms with E-state index >= 15 is 0 Å². The van der Waals surface area contributed by atoms with Gasteiger partial charge in [0.1, 0.15) is 0 Å². The van der Waals surface area contributed by atoms with Gasteiger partial charge in [-0.15, -0.1) is 0 Å². The Morgan fingerprint density at radius 3 is 2.90 bits per heavy atom. The van der Waals surface area contributed by atoms with Crippen molar-refractivity contribution in [2.75, 3.05) is 5.32 Å². The van der Waals surface area contributed by atoms with E-state index in [9.17, 15) is 4.79 Å². The van der Waals surface area contributed by atoms with Crippen molar-refractivity contribution in [2.45, 2.75) is 0 Å². The molecule has 0 aliphatic carbocycles. The summed E-state index contributed by atoms with van der Waals surface area (Å²) in [6, 6.07) is 9.85. The quantitative estimate of drug-likeness (QED) is 0.585. The number of hydrogen-bond acceptors (Lipinski definition) is 1. The molecule has 0 fully saturated rings. The summed E-state index contributed by atoms with van der Waals surface area (Å²) in [5, 5.41) is 2.36. The fourth-order valence-corrected chi connectivity index (χ4v) is 0.558. The van der Waals surface area contributed by atoms with Gasteiger partial charge in [-0.3, -0.25) is 0 Å². The van der Waals surface area contributed by atoms with E-state index in [1.54, 1.807) is 18.2 Å². The Balaban J connectivity index is 2.67. The van der Waals surface area contributed by atoms with Gasteiger partial charge < -0.3 is 11.1 Å². The van der Waals surface area contributed by atoms with Crippen molar-refractivity contribution in [3.8, 4) is 0 Å². The molecular weight excluding hydrogens is 128 g/mol. The first-order valence-corrected chi connectivity index (χ1v) is 2.73. The van der Waals surface area contributed by atoms with Gasteiger partial charge in [0.15, 0.2) is 0 Å². The molecule has 0 saturated heterocycles. The molecule has 1 rings (SSSR count). The van der Waals surface area contributed by atoms with Crippen LogP contribution in [-0.2, 0) is 0 Å². The lowest BCUT2D eigenvalue weighted by molar-refractivity contribution is 0.259. The van der Waals surface area contributed by atoms with Gasteiger partial charge in [-0.2, -0.15) is 0 Å². The van der Waals surface area contributed by atoms with Gasteiger partial charge in [-0.1, -0.05) is 12.1 Å². The smallest absolute Gasteiger partial charge is 0.316 e. The molecule has 1 aromatic rings. The summed E-state index contributed by atoms with van der Waals surface area (Å²) in [5.41, 5.74) is 5.38. The Hall–Kier alpha value is -1.51. The zero-order chi connectivity index (χ0) is 7.40. The first kappa shape index (κ1) is 6.61. The molecule has 0 bridgehead atoms. The Kier molecular flexibility index (Phi) is 1.89. The van der Waals surface area contributed by atoms with Crippen LogP contribution in [0.3, 0.4) is 0 Å². The molecule has 0 heterocycles. The molecule has 1 aromatic carbocycles. The molecule has 50 valence electrons. The van der Waals surface area contributed by atoms with Gasteiger partial charge in [0, 0.05) is 6.07 Å². The Morgan fingerprint density at radius 1 is 1.60 bits per heavy atom. The van der Waals surface area contributed by atoms with E-state index < -0.39 is 6.03 Å². The number of anilines is 1. The zero-order valence-corrected chi connectivity index (χ0v) is 5.22. The van der Waals surface area contributed by atoms with Gasteiger partial charge in [0.05, 0.1) is 5.69 Å². The maximum atomic E-state index is 10.2. The monoisotopic (exact) mass is 134 g/mol. The molecule has 0 aliphatic heterocycles. The second-order valence-corrected chi connectivity index (χ2v) is 1.69. The number of rotatable bonds is 1. The van der Waals surface area contributed by atoms with Crippen LogP contribution in [0.2, 0.25) is 0 Å². The maximum Gasteiger partial charge on any atom is 0.316 e. The summed E-state index contributed by atoms with van der Waals surface area (Å²) in [7, 11) is 0. The minimum atomic E-state index is -0.587. The van der Waals surface area contributed by atoms with Crippen LogP contribution < -0.4 is 11.1 Å². The lowest BCUT2D eigenvalue weighted by atomic mass is 10.3. The Labute approximate surface area is 58.8 Å². The molecule has 3 nitrogen and oxygen atoms in total. The van der Waals surface area contributed by atoms with Crippen LogP contribution >= 0.6 is 0 Å². The number of amides is 2. The molecule has 0 atom stereocenters. The SMILES string of the molecule is NC(=O)Nc1[c]cc[c]c1. The van der Waals surface area contributed by atoms with Crippen LogP contribution in [-0.4, -0.2) is 6.03 Å². The van der Waals surface area contributed by atoms with E-state index in [2.05, 4.69) is 17.4 Å². The van der Waals surface area contributed by atoms with Crippen LogP contribution in [0, 0.1) is 12.1 Å². The van der Waals surface area contributed by atoms with Gasteiger partial charge in [-0.05, 0) is 12.1 Å². The predicted octanol–water partition coefficient (Wildman–Crippen LogP) is 0.778. The summed E-state index contributed by atoms with van der Waals surface area (Å²) >= 11 is 0. The van der Waals surface area contributed by atoms with Gasteiger partial charge in [0.25, 0.3) is 0 Å². The van der Waals surface area contributed by atoms with Crippen molar-refractivity contribution in [3.05, 3.63) is 30.3 Å². The fraction of sp³-hybridized carbons (Fsp3) is 0. The summed E-state index contributed by atoms with van der Waals surface area (Å²) in [4.78, 5) is 10.2. The number of hydrogen-bond donors (Lipinski definition) is 2. The first-order valence-electron chi connectivity index (χ1n) is 2.73. The van der Waals surface area contributed by atoms with Gasteiger partial charge >= 0.3 is 6.03 Å². The minimum Gasteiger partial charge on any atom is -0.351 e. The van der Waals surface area contributed by atoms with Crippen molar-refractivity contribution < 1.29 is 4.79 Å². The number of primary amides is 1. The molecule has 0 aromatic heterocycles. The van der Waals surface area contributed by atoms with Crippen LogP contribution in [0.15, 0.2) is 18.2 Å². The highest BCUT2D eigenvalue weighted by Crippen LogP contribution is 2.01. The summed E-state index contributed by atoms with van der Waals surface area (Å²) < 4.78 is 0. The zero-order valence-electron chi connectivity index (χ0n) is 5.22. The lowest BCUT2D eigenvalue weighted by Crippen LogP contribution is -2.19. The number of nitrogens with one attached hydrogen (secondary N) is 1. The third-order valence-corrected chi connectivity index (χ3v) is 0.904. The predicted molar refractivity (Wildman–Crippen MR) is 37.3 cm³/mol. The van der Waals surface area contributed by atoms with Crippen molar-refractivity contribution >= 4 is 11.7 Å². The molecule has 0 unspecified atom stereocenters. The average molecular weight is 134 g/mol. The van der Waals surface area contributed by atoms with Crippen molar-refractivity contribution in [3.63, 3.8) is 0 Å². The second-order valence-electron chi connectivity index (χ2n) is 1.69. The van der Waals surface area contributed by atoms with Crippen LogP contribution in [0.1, 0.15) is 0 Å². The summed E-state index contributed by atoms with van der Waals surface area (Å²) in [6.07, 6.45) is 0. The molecule has 0 aliphatic rings. The second kappa shape index (κ2) is 2.87. The number of carbonyl (C=O) groups excluding carboxylic acids is 1. The van der Waals surface area contributed by atoms with Crippen molar-refractivity contribution in [1.29, 1.82) is 0 Å². The fourth-order valence-electron chi connectivity index (χ4n) is 0.558. The number of nitrogens with two attached hydrogens (primary N) is 1. The van der Waals surface area contributed by atoms with Gasteiger partial charge in [-0.25, -0.2) is 4.79 Å². The van der Waals surface area contributed by atoms with E-state index in [1.165, 1.54) is 0 Å². The van der Waals surface area contributed by atoms with Crippen molar-refractivity contribution in [2.24, 2.45) is 5.73 Å². The maximum absolute atomic E-state index is 10.2. The highest BCUT2D eigenvalue weighted by molar-refractivity contribution is 5.87. The average Bonchev–Trinajstić information content (AvgIpc) is 1.88. The third kappa shape index (κ3) is 1.78. The minimum absolute atomic E-state index is 0.537. The van der Waals surface area contributed by atoms with Crippen LogP contribution in [0.5, 0.6) is 0 Å². The third-order valence-electron chi connectivity index (χ3n) is 0.904. The van der Waals surface area contributed by atoms with E-state index in [0.29, 0.717) is 5.69 Å². The molecule has 3 N–H and O–H groups in total. The van der Waals surface area contributed by atoms with Crippen molar-refractivity contribution in [1.82, 2.24) is 0 Å². The highest BCUT2D eigenvalue weighted by Gasteiger charge is 1.91. The Morgan fingerprint density at radius 2 is 2.40 bits per heavy atom. The molecule has 2 radical (unpaired) electrons. The molecule has 2 amide bonds. The highest BCUT2D eigenvalue weighted by atomic mass is 16.2. The summed E-state index contributed by atoms with van der Waals surface area (Å²) in [6.45, 7) is 0.